The number of halogens is 1. The Labute approximate surface area is 132 Å². The van der Waals surface area contributed by atoms with Gasteiger partial charge in [0.15, 0.2) is 0 Å². The maximum atomic E-state index is 10.9. The molecule has 3 nitrogen and oxygen atoms in total. The van der Waals surface area contributed by atoms with Gasteiger partial charge in [-0.3, -0.25) is 0 Å². The molecule has 21 heavy (non-hydrogen) atoms. The van der Waals surface area contributed by atoms with Crippen molar-refractivity contribution >= 4 is 11.6 Å². The molecule has 4 heteroatoms. The molecule has 1 aromatic carbocycles. The zero-order valence-electron chi connectivity index (χ0n) is 13.5. The van der Waals surface area contributed by atoms with Crippen molar-refractivity contribution in [3.05, 3.63) is 28.8 Å². The molecule has 0 bridgehead atoms. The Balaban J connectivity index is 2.35. The Morgan fingerprint density at radius 3 is 2.29 bits per heavy atom. The van der Waals surface area contributed by atoms with Crippen LogP contribution in [0.4, 0.5) is 0 Å². The second-order valence-electron chi connectivity index (χ2n) is 7.14. The van der Waals surface area contributed by atoms with Crippen LogP contribution in [0.5, 0.6) is 5.75 Å². The number of benzene rings is 1. The molecule has 2 unspecified atom stereocenters. The lowest BCUT2D eigenvalue weighted by Gasteiger charge is -2.25. The van der Waals surface area contributed by atoms with E-state index in [1.165, 1.54) is 0 Å². The molecular weight excluding hydrogens is 286 g/mol. The Bertz CT molecular complexity index is 514. The molecule has 0 aromatic heterocycles. The lowest BCUT2D eigenvalue weighted by molar-refractivity contribution is 0.101. The topological polar surface area (TPSA) is 55.5 Å². The van der Waals surface area contributed by atoms with Crippen LogP contribution in [0, 0.1) is 16.7 Å². The molecule has 0 heterocycles. The summed E-state index contributed by atoms with van der Waals surface area (Å²) in [4.78, 5) is 0. The van der Waals surface area contributed by atoms with Gasteiger partial charge in [0.05, 0.1) is 13.2 Å². The fourth-order valence-electron chi connectivity index (χ4n) is 3.78. The minimum Gasteiger partial charge on any atom is -0.496 e. The van der Waals surface area contributed by atoms with Crippen molar-refractivity contribution in [1.82, 2.24) is 0 Å². The van der Waals surface area contributed by atoms with Gasteiger partial charge in [0.2, 0.25) is 0 Å². The highest BCUT2D eigenvalue weighted by Gasteiger charge is 2.68. The second kappa shape index (κ2) is 5.45. The number of hydrogen-bond donors (Lipinski definition) is 2. The molecule has 0 aliphatic heterocycles. The Hall–Kier alpha value is -0.770. The first-order valence-corrected chi connectivity index (χ1v) is 7.77. The highest BCUT2D eigenvalue weighted by molar-refractivity contribution is 6.30. The van der Waals surface area contributed by atoms with Gasteiger partial charge in [0.1, 0.15) is 5.75 Å². The van der Waals surface area contributed by atoms with Gasteiger partial charge in [-0.25, -0.2) is 0 Å². The van der Waals surface area contributed by atoms with Crippen LogP contribution in [0.1, 0.15) is 39.2 Å². The third-order valence-electron chi connectivity index (χ3n) is 5.73. The summed E-state index contributed by atoms with van der Waals surface area (Å²) in [6.45, 7) is 9.15. The van der Waals surface area contributed by atoms with E-state index in [1.807, 2.05) is 12.1 Å². The standard InChI is InChI=1S/C17H26ClNO2/c1-16(2)15(17(16,3)4)14(20)12(9-19)11-8-10(18)6-7-13(11)21-5/h6-8,12,14-15,20H,9,19H2,1-5H3. The van der Waals surface area contributed by atoms with Crippen LogP contribution in [0.2, 0.25) is 5.02 Å². The van der Waals surface area contributed by atoms with Gasteiger partial charge < -0.3 is 15.6 Å². The van der Waals surface area contributed by atoms with E-state index >= 15 is 0 Å². The van der Waals surface area contributed by atoms with Crippen molar-refractivity contribution in [3.8, 4) is 5.75 Å². The monoisotopic (exact) mass is 311 g/mol. The molecule has 118 valence electrons. The lowest BCUT2D eigenvalue weighted by Crippen LogP contribution is -2.30. The van der Waals surface area contributed by atoms with Crippen molar-refractivity contribution in [2.45, 2.75) is 39.7 Å². The van der Waals surface area contributed by atoms with Crippen LogP contribution in [-0.2, 0) is 0 Å². The molecule has 0 radical (unpaired) electrons. The highest BCUT2D eigenvalue weighted by Crippen LogP contribution is 2.70. The fraction of sp³-hybridized carbons (Fsp3) is 0.647. The third-order valence-corrected chi connectivity index (χ3v) is 5.97. The average Bonchev–Trinajstić information content (AvgIpc) is 2.80. The molecule has 1 fully saturated rings. The Morgan fingerprint density at radius 2 is 1.86 bits per heavy atom. The van der Waals surface area contributed by atoms with E-state index < -0.39 is 6.10 Å². The van der Waals surface area contributed by atoms with Crippen molar-refractivity contribution in [3.63, 3.8) is 0 Å². The largest absolute Gasteiger partial charge is 0.496 e. The molecule has 1 aromatic rings. The number of hydrogen-bond acceptors (Lipinski definition) is 3. The maximum Gasteiger partial charge on any atom is 0.122 e. The lowest BCUT2D eigenvalue weighted by atomic mass is 9.87. The molecular formula is C17H26ClNO2. The fourth-order valence-corrected chi connectivity index (χ4v) is 3.96. The van der Waals surface area contributed by atoms with Crippen LogP contribution >= 0.6 is 11.6 Å². The SMILES string of the molecule is COc1ccc(Cl)cc1C(CN)C(O)C1C(C)(C)C1(C)C. The average molecular weight is 312 g/mol. The number of nitrogens with two attached hydrogens (primary N) is 1. The first-order valence-electron chi connectivity index (χ1n) is 7.40. The summed E-state index contributed by atoms with van der Waals surface area (Å²) in [6.07, 6.45) is -0.507. The molecule has 0 amide bonds. The van der Waals surface area contributed by atoms with E-state index in [9.17, 15) is 5.11 Å². The van der Waals surface area contributed by atoms with E-state index in [-0.39, 0.29) is 22.7 Å². The summed E-state index contributed by atoms with van der Waals surface area (Å²) in [7, 11) is 1.62. The summed E-state index contributed by atoms with van der Waals surface area (Å²) in [5.74, 6) is 0.761. The molecule has 2 atom stereocenters. The Morgan fingerprint density at radius 1 is 1.29 bits per heavy atom. The zero-order chi connectivity index (χ0) is 16.0. The predicted molar refractivity (Wildman–Crippen MR) is 86.9 cm³/mol. The highest BCUT2D eigenvalue weighted by atomic mass is 35.5. The Kier molecular flexibility index (Phi) is 4.31. The number of ether oxygens (including phenoxy) is 1. The molecule has 2 rings (SSSR count). The van der Waals surface area contributed by atoms with Gasteiger partial charge in [-0.15, -0.1) is 0 Å². The van der Waals surface area contributed by atoms with Gasteiger partial charge in [-0.05, 0) is 34.9 Å². The summed E-state index contributed by atoms with van der Waals surface area (Å²) in [6, 6.07) is 5.47. The molecule has 0 saturated heterocycles. The van der Waals surface area contributed by atoms with Gasteiger partial charge in [-0.2, -0.15) is 0 Å². The van der Waals surface area contributed by atoms with Crippen LogP contribution in [0.15, 0.2) is 18.2 Å². The molecule has 1 aliphatic rings. The van der Waals surface area contributed by atoms with E-state index in [1.54, 1.807) is 13.2 Å². The molecule has 1 saturated carbocycles. The number of methoxy groups -OCH3 is 1. The number of aliphatic hydroxyl groups excluding tert-OH is 1. The smallest absolute Gasteiger partial charge is 0.122 e. The summed E-state index contributed by atoms with van der Waals surface area (Å²) < 4.78 is 5.41. The van der Waals surface area contributed by atoms with Gasteiger partial charge in [-0.1, -0.05) is 39.3 Å². The van der Waals surface area contributed by atoms with Crippen LogP contribution in [-0.4, -0.2) is 24.9 Å². The van der Waals surface area contributed by atoms with Crippen molar-refractivity contribution in [2.75, 3.05) is 13.7 Å². The van der Waals surface area contributed by atoms with Crippen LogP contribution in [0.25, 0.3) is 0 Å². The summed E-state index contributed by atoms with van der Waals surface area (Å²) in [5, 5.41) is 11.5. The van der Waals surface area contributed by atoms with E-state index in [0.29, 0.717) is 11.6 Å². The second-order valence-corrected chi connectivity index (χ2v) is 7.58. The van der Waals surface area contributed by atoms with Crippen LogP contribution < -0.4 is 10.5 Å². The van der Waals surface area contributed by atoms with Gasteiger partial charge in [0.25, 0.3) is 0 Å². The van der Waals surface area contributed by atoms with E-state index in [0.717, 1.165) is 11.3 Å². The molecule has 3 N–H and O–H groups in total. The van der Waals surface area contributed by atoms with Crippen molar-refractivity contribution in [2.24, 2.45) is 22.5 Å². The predicted octanol–water partition coefficient (Wildman–Crippen LogP) is 3.43. The van der Waals surface area contributed by atoms with E-state index in [4.69, 9.17) is 22.1 Å². The van der Waals surface area contributed by atoms with Crippen molar-refractivity contribution < 1.29 is 9.84 Å². The summed E-state index contributed by atoms with van der Waals surface area (Å²) in [5.41, 5.74) is 7.06. The minimum atomic E-state index is -0.507. The number of rotatable bonds is 5. The molecule has 1 aliphatic carbocycles. The quantitative estimate of drug-likeness (QED) is 0.876. The first kappa shape index (κ1) is 16.6. The zero-order valence-corrected chi connectivity index (χ0v) is 14.2. The van der Waals surface area contributed by atoms with Crippen molar-refractivity contribution in [1.29, 1.82) is 0 Å². The van der Waals surface area contributed by atoms with E-state index in [2.05, 4.69) is 27.7 Å². The summed E-state index contributed by atoms with van der Waals surface area (Å²) >= 11 is 6.11. The van der Waals surface area contributed by atoms with Gasteiger partial charge >= 0.3 is 0 Å². The normalized spacial score (nSPS) is 22.7. The third kappa shape index (κ3) is 2.56. The molecule has 0 spiro atoms. The number of aliphatic hydroxyl groups is 1. The maximum absolute atomic E-state index is 10.9. The van der Waals surface area contributed by atoms with Gasteiger partial charge in [0, 0.05) is 23.0 Å². The van der Waals surface area contributed by atoms with Crippen LogP contribution in [0.3, 0.4) is 0 Å². The first-order chi connectivity index (χ1) is 9.68. The minimum absolute atomic E-state index is 0.103.